The first-order valence-electron chi connectivity index (χ1n) is 9.48. The molecule has 7 N–H and O–H groups in total. The number of hydrogen-bond acceptors (Lipinski definition) is 8. The van der Waals surface area contributed by atoms with Gasteiger partial charge in [-0.25, -0.2) is 4.79 Å². The molecule has 2 aromatic rings. The molecule has 0 spiro atoms. The van der Waals surface area contributed by atoms with Gasteiger partial charge in [0.2, 0.25) is 5.91 Å². The van der Waals surface area contributed by atoms with Crippen molar-refractivity contribution in [3.8, 4) is 5.75 Å². The first kappa shape index (κ1) is 24.7. The molecule has 6 atom stereocenters. The summed E-state index contributed by atoms with van der Waals surface area (Å²) < 4.78 is 11.9. The highest BCUT2D eigenvalue weighted by Crippen LogP contribution is 2.41. The van der Waals surface area contributed by atoms with Gasteiger partial charge in [-0.15, -0.1) is 0 Å². The zero-order valence-corrected chi connectivity index (χ0v) is 19.0. The molecule has 0 radical (unpaired) electrons. The largest absolute Gasteiger partial charge is 0.476 e. The summed E-state index contributed by atoms with van der Waals surface area (Å²) in [5, 5.41) is 53.2. The average Bonchev–Trinajstić information content (AvgIpc) is 3.14. The molecule has 1 saturated heterocycles. The van der Waals surface area contributed by atoms with E-state index in [0.29, 0.717) is 15.4 Å². The Labute approximate surface area is 195 Å². The fourth-order valence-corrected chi connectivity index (χ4v) is 4.21. The van der Waals surface area contributed by atoms with Crippen molar-refractivity contribution < 1.29 is 44.6 Å². The van der Waals surface area contributed by atoms with Gasteiger partial charge in [0.05, 0.1) is 41.1 Å². The van der Waals surface area contributed by atoms with Crippen LogP contribution in [0, 0.1) is 0 Å². The molecule has 0 unspecified atom stereocenters. The number of ether oxygens (including phenoxy) is 2. The van der Waals surface area contributed by atoms with E-state index in [-0.39, 0.29) is 10.8 Å². The smallest absolute Gasteiger partial charge is 0.377 e. The Morgan fingerprint density at radius 1 is 1.44 bits per heavy atom. The summed E-state index contributed by atoms with van der Waals surface area (Å²) >= 11 is 9.61. The Morgan fingerprint density at radius 2 is 2.12 bits per heavy atom. The second-order valence-corrected chi connectivity index (χ2v) is 8.65. The number of amides is 1. The van der Waals surface area contributed by atoms with Crippen molar-refractivity contribution >= 4 is 50.3 Å². The van der Waals surface area contributed by atoms with Crippen LogP contribution in [0.4, 0.5) is 0 Å². The molecule has 1 amide bonds. The molecule has 11 nitrogen and oxygen atoms in total. The van der Waals surface area contributed by atoms with Crippen LogP contribution in [-0.4, -0.2) is 85.2 Å². The number of aromatic nitrogens is 1. The fourth-order valence-electron chi connectivity index (χ4n) is 3.62. The number of carboxylic acid groups (broad SMARTS) is 1. The van der Waals surface area contributed by atoms with E-state index >= 15 is 0 Å². The van der Waals surface area contributed by atoms with Gasteiger partial charge in [0.15, 0.2) is 5.75 Å². The minimum atomic E-state index is -2.52. The highest BCUT2D eigenvalue weighted by molar-refractivity contribution is 9.10. The van der Waals surface area contributed by atoms with E-state index < -0.39 is 61.1 Å². The maximum absolute atomic E-state index is 12.3. The van der Waals surface area contributed by atoms with E-state index in [0.717, 1.165) is 6.92 Å². The molecule has 1 aromatic carbocycles. The first-order valence-corrected chi connectivity index (χ1v) is 10.6. The van der Waals surface area contributed by atoms with Crippen molar-refractivity contribution in [2.75, 3.05) is 6.61 Å². The van der Waals surface area contributed by atoms with E-state index in [1.165, 1.54) is 6.20 Å². The summed E-state index contributed by atoms with van der Waals surface area (Å²) in [6.07, 6.45) is -6.09. The van der Waals surface area contributed by atoms with Crippen molar-refractivity contribution in [2.45, 2.75) is 49.6 Å². The number of aliphatic hydroxyl groups is 4. The summed E-state index contributed by atoms with van der Waals surface area (Å²) in [7, 11) is 0. The summed E-state index contributed by atoms with van der Waals surface area (Å²) in [5.74, 6) is -4.75. The molecule has 32 heavy (non-hydrogen) atoms. The Hall–Kier alpha value is -1.93. The SMILES string of the molecule is CC(=O)N[C@@H]1[C@@H]([C@@H](O)[C@@H](O)CO)O[C@@](Oc2c[nH]c3ccc(Br)c(Cl)c23)(C(=O)O)C[C@@H]1O. The van der Waals surface area contributed by atoms with Crippen LogP contribution in [0.2, 0.25) is 5.02 Å². The van der Waals surface area contributed by atoms with Crippen molar-refractivity contribution in [2.24, 2.45) is 0 Å². The lowest BCUT2D eigenvalue weighted by atomic mass is 9.88. The molecule has 1 aliphatic rings. The van der Waals surface area contributed by atoms with E-state index in [1.54, 1.807) is 12.1 Å². The van der Waals surface area contributed by atoms with Gasteiger partial charge in [0.25, 0.3) is 0 Å². The maximum Gasteiger partial charge on any atom is 0.377 e. The van der Waals surface area contributed by atoms with Gasteiger partial charge in [-0.3, -0.25) is 4.79 Å². The number of aromatic amines is 1. The first-order chi connectivity index (χ1) is 15.0. The molecule has 1 fully saturated rings. The molecule has 0 saturated carbocycles. The van der Waals surface area contributed by atoms with Gasteiger partial charge in [0, 0.05) is 17.6 Å². The van der Waals surface area contributed by atoms with E-state index in [2.05, 4.69) is 26.2 Å². The lowest BCUT2D eigenvalue weighted by Gasteiger charge is -2.46. The van der Waals surface area contributed by atoms with Crippen LogP contribution >= 0.6 is 27.5 Å². The molecule has 0 aliphatic carbocycles. The number of carbonyl (C=O) groups excluding carboxylic acids is 1. The van der Waals surface area contributed by atoms with Crippen LogP contribution in [0.5, 0.6) is 5.75 Å². The molecule has 13 heteroatoms. The number of carbonyl (C=O) groups is 2. The number of aliphatic carboxylic acids is 1. The number of rotatable bonds is 7. The van der Waals surface area contributed by atoms with Gasteiger partial charge in [-0.2, -0.15) is 0 Å². The number of nitrogens with one attached hydrogen (secondary N) is 2. The van der Waals surface area contributed by atoms with Gasteiger partial charge < -0.3 is 45.3 Å². The Balaban J connectivity index is 2.05. The minimum absolute atomic E-state index is 0.00479. The molecule has 3 rings (SSSR count). The van der Waals surface area contributed by atoms with Gasteiger partial charge in [-0.1, -0.05) is 11.6 Å². The number of hydrogen-bond donors (Lipinski definition) is 7. The van der Waals surface area contributed by atoms with E-state index in [1.807, 2.05) is 0 Å². The van der Waals surface area contributed by atoms with Crippen molar-refractivity contribution in [1.29, 1.82) is 0 Å². The topological polar surface area (TPSA) is 182 Å². The van der Waals surface area contributed by atoms with E-state index in [4.69, 9.17) is 21.1 Å². The summed E-state index contributed by atoms with van der Waals surface area (Å²) in [6.45, 7) is 0.275. The lowest BCUT2D eigenvalue weighted by molar-refractivity contribution is -0.284. The number of carboxylic acids is 1. The number of halogens is 2. The molecular formula is C19H22BrClN2O9. The average molecular weight is 538 g/mol. The van der Waals surface area contributed by atoms with Crippen LogP contribution < -0.4 is 10.1 Å². The zero-order chi connectivity index (χ0) is 23.8. The van der Waals surface area contributed by atoms with Crippen LogP contribution in [-0.2, 0) is 14.3 Å². The second kappa shape index (κ2) is 9.51. The molecule has 1 aromatic heterocycles. The normalized spacial score (nSPS) is 27.7. The summed E-state index contributed by atoms with van der Waals surface area (Å²) in [4.78, 5) is 26.8. The second-order valence-electron chi connectivity index (χ2n) is 7.42. The van der Waals surface area contributed by atoms with Crippen LogP contribution in [0.3, 0.4) is 0 Å². The summed E-state index contributed by atoms with van der Waals surface area (Å²) in [5.41, 5.74) is 0.536. The van der Waals surface area contributed by atoms with Gasteiger partial charge >= 0.3 is 11.8 Å². The predicted molar refractivity (Wildman–Crippen MR) is 114 cm³/mol. The quantitative estimate of drug-likeness (QED) is 0.258. The standard InChI is InChI=1S/C19H22BrClN2O9/c1-7(25)23-15-10(26)4-19(18(29)30,32-17(15)16(28)11(27)6-24)31-12-5-22-9-3-2-8(20)14(21)13(9)12/h2-3,5,10-11,15-17,22,24,26-28H,4,6H2,1H3,(H,23,25)(H,29,30)/t10-,11-,15-,16-,17-,19+/m0/s1. The van der Waals surface area contributed by atoms with Gasteiger partial charge in [-0.05, 0) is 28.1 Å². The monoisotopic (exact) mass is 536 g/mol. The number of fused-ring (bicyclic) bond motifs is 1. The van der Waals surface area contributed by atoms with E-state index in [9.17, 15) is 35.1 Å². The minimum Gasteiger partial charge on any atom is -0.476 e. The highest BCUT2D eigenvalue weighted by atomic mass is 79.9. The summed E-state index contributed by atoms with van der Waals surface area (Å²) in [6, 6.07) is 2.07. The van der Waals surface area contributed by atoms with Crippen molar-refractivity contribution in [1.82, 2.24) is 10.3 Å². The third-order valence-electron chi connectivity index (χ3n) is 5.16. The molecule has 0 bridgehead atoms. The fraction of sp³-hybridized carbons (Fsp3) is 0.474. The highest BCUT2D eigenvalue weighted by Gasteiger charge is 2.57. The Kier molecular flexibility index (Phi) is 7.34. The Morgan fingerprint density at radius 3 is 2.72 bits per heavy atom. The number of aliphatic hydroxyl groups excluding tert-OH is 4. The van der Waals surface area contributed by atoms with Crippen molar-refractivity contribution in [3.05, 3.63) is 27.8 Å². The lowest BCUT2D eigenvalue weighted by Crippen LogP contribution is -2.68. The molecule has 1 aliphatic heterocycles. The number of H-pyrrole nitrogens is 1. The van der Waals surface area contributed by atoms with Crippen LogP contribution in [0.1, 0.15) is 13.3 Å². The third-order valence-corrected chi connectivity index (χ3v) is 6.44. The maximum atomic E-state index is 12.3. The Bertz CT molecular complexity index is 1020. The van der Waals surface area contributed by atoms with Crippen LogP contribution in [0.15, 0.2) is 22.8 Å². The number of benzene rings is 1. The third kappa shape index (κ3) is 4.57. The zero-order valence-electron chi connectivity index (χ0n) is 16.7. The van der Waals surface area contributed by atoms with Gasteiger partial charge in [0.1, 0.15) is 18.3 Å². The molecule has 176 valence electrons. The van der Waals surface area contributed by atoms with Crippen LogP contribution in [0.25, 0.3) is 10.9 Å². The van der Waals surface area contributed by atoms with Crippen molar-refractivity contribution in [3.63, 3.8) is 0 Å². The molecular weight excluding hydrogens is 516 g/mol. The predicted octanol–water partition coefficient (Wildman–Crippen LogP) is 0.112. The molecule has 2 heterocycles.